The number of rotatable bonds is 4. The summed E-state index contributed by atoms with van der Waals surface area (Å²) in [6, 6.07) is 12.4. The lowest BCUT2D eigenvalue weighted by Crippen LogP contribution is -2.29. The van der Waals surface area contributed by atoms with Gasteiger partial charge in [-0.2, -0.15) is 0 Å². The number of esters is 1. The topological polar surface area (TPSA) is 102 Å². The first-order valence-electron chi connectivity index (χ1n) is 12.4. The molecule has 0 saturated heterocycles. The molecule has 0 saturated carbocycles. The average molecular weight is 521 g/mol. The molecule has 3 aliphatic rings. The minimum atomic E-state index is -0.954. The number of ether oxygens (including phenoxy) is 7. The van der Waals surface area contributed by atoms with E-state index < -0.39 is 18.2 Å². The third-order valence-corrected chi connectivity index (χ3v) is 7.63. The lowest BCUT2D eigenvalue weighted by molar-refractivity contribution is -0.0135. The van der Waals surface area contributed by atoms with E-state index in [0.29, 0.717) is 62.3 Å². The summed E-state index contributed by atoms with van der Waals surface area (Å²) in [5, 5.41) is 11.7. The maximum absolute atomic E-state index is 13.3. The molecule has 3 aromatic rings. The highest BCUT2D eigenvalue weighted by molar-refractivity contribution is 5.91. The van der Waals surface area contributed by atoms with E-state index in [1.807, 2.05) is 26.0 Å². The van der Waals surface area contributed by atoms with Crippen molar-refractivity contribution in [2.75, 3.05) is 27.8 Å². The standard InChI is InChI=1S/C29H28O9/c1-14-15(2)24(38-29(31)16-8-6-5-7-9-16)18-11-20-26(37-13-35-20)28(33-4)22(18)21-17(23(14)30)10-19-25(27(21)32-3)36-12-34-19/h5-11,14-15,23-24,30H,12-13H2,1-4H3/t14-,15+,23-,24-/m1/s1. The van der Waals surface area contributed by atoms with Crippen molar-refractivity contribution in [1.82, 2.24) is 0 Å². The third-order valence-electron chi connectivity index (χ3n) is 7.63. The summed E-state index contributed by atoms with van der Waals surface area (Å²) < 4.78 is 41.0. The van der Waals surface area contributed by atoms with Crippen molar-refractivity contribution in [3.63, 3.8) is 0 Å². The van der Waals surface area contributed by atoms with Crippen LogP contribution in [0.4, 0.5) is 0 Å². The second kappa shape index (κ2) is 9.33. The first-order chi connectivity index (χ1) is 18.4. The SMILES string of the molecule is COc1c2c(cc3c1-c1c(cc4c(c1OC)OCO4)[C@H](OC(=O)c1ccccc1)[C@@H](C)[C@@H](C)[C@H]3O)OCO2. The number of hydrogen-bond acceptors (Lipinski definition) is 9. The Morgan fingerprint density at radius 1 is 0.816 bits per heavy atom. The van der Waals surface area contributed by atoms with Gasteiger partial charge in [0.15, 0.2) is 23.0 Å². The van der Waals surface area contributed by atoms with Gasteiger partial charge in [0.25, 0.3) is 0 Å². The molecule has 198 valence electrons. The first-order valence-corrected chi connectivity index (χ1v) is 12.4. The van der Waals surface area contributed by atoms with Crippen LogP contribution in [0.1, 0.15) is 47.5 Å². The second-order valence-electron chi connectivity index (χ2n) is 9.57. The molecular formula is C29H28O9. The molecular weight excluding hydrogens is 492 g/mol. The summed E-state index contributed by atoms with van der Waals surface area (Å²) in [5.74, 6) is 1.42. The summed E-state index contributed by atoms with van der Waals surface area (Å²) in [6.07, 6.45) is -1.72. The van der Waals surface area contributed by atoms with E-state index in [9.17, 15) is 9.90 Å². The van der Waals surface area contributed by atoms with Crippen LogP contribution in [0, 0.1) is 11.8 Å². The van der Waals surface area contributed by atoms with E-state index in [2.05, 4.69) is 0 Å². The van der Waals surface area contributed by atoms with E-state index in [0.717, 1.165) is 0 Å². The Bertz CT molecular complexity index is 1400. The zero-order valence-corrected chi connectivity index (χ0v) is 21.5. The minimum Gasteiger partial charge on any atom is -0.492 e. The molecule has 0 aromatic heterocycles. The average Bonchev–Trinajstić information content (AvgIpc) is 3.62. The van der Waals surface area contributed by atoms with Gasteiger partial charge in [0, 0.05) is 22.6 Å². The number of carbonyl (C=O) groups is 1. The number of fused-ring (bicyclic) bond motifs is 5. The number of methoxy groups -OCH3 is 2. The number of carbonyl (C=O) groups excluding carboxylic acids is 1. The highest BCUT2D eigenvalue weighted by atomic mass is 16.7. The highest BCUT2D eigenvalue weighted by Crippen LogP contribution is 2.60. The fourth-order valence-corrected chi connectivity index (χ4v) is 5.48. The molecule has 0 amide bonds. The van der Waals surface area contributed by atoms with E-state index in [4.69, 9.17) is 33.2 Å². The lowest BCUT2D eigenvalue weighted by atomic mass is 9.74. The van der Waals surface area contributed by atoms with Gasteiger partial charge in [0.05, 0.1) is 25.9 Å². The van der Waals surface area contributed by atoms with Crippen LogP contribution in [-0.2, 0) is 4.74 Å². The van der Waals surface area contributed by atoms with Crippen LogP contribution in [-0.4, -0.2) is 38.9 Å². The van der Waals surface area contributed by atoms with Gasteiger partial charge in [-0.25, -0.2) is 4.79 Å². The molecule has 4 atom stereocenters. The normalized spacial score (nSPS) is 22.6. The van der Waals surface area contributed by atoms with Crippen LogP contribution >= 0.6 is 0 Å². The van der Waals surface area contributed by atoms with Crippen LogP contribution in [0.15, 0.2) is 42.5 Å². The van der Waals surface area contributed by atoms with Gasteiger partial charge in [0.1, 0.15) is 6.10 Å². The van der Waals surface area contributed by atoms with Crippen molar-refractivity contribution >= 4 is 5.97 Å². The molecule has 9 nitrogen and oxygen atoms in total. The number of aliphatic hydroxyl groups is 1. The Labute approximate surface area is 219 Å². The molecule has 6 rings (SSSR count). The molecule has 1 N–H and O–H groups in total. The van der Waals surface area contributed by atoms with Crippen LogP contribution in [0.3, 0.4) is 0 Å². The van der Waals surface area contributed by atoms with Crippen molar-refractivity contribution in [2.24, 2.45) is 11.8 Å². The monoisotopic (exact) mass is 520 g/mol. The van der Waals surface area contributed by atoms with Gasteiger partial charge < -0.3 is 38.3 Å². The molecule has 3 aromatic carbocycles. The van der Waals surface area contributed by atoms with E-state index in [-0.39, 0.29) is 25.4 Å². The summed E-state index contributed by atoms with van der Waals surface area (Å²) >= 11 is 0. The van der Waals surface area contributed by atoms with E-state index in [1.165, 1.54) is 14.2 Å². The van der Waals surface area contributed by atoms with Crippen molar-refractivity contribution < 1.29 is 43.1 Å². The van der Waals surface area contributed by atoms with Gasteiger partial charge in [0.2, 0.25) is 25.1 Å². The molecule has 38 heavy (non-hydrogen) atoms. The molecule has 0 fully saturated rings. The molecule has 0 unspecified atom stereocenters. The molecule has 0 radical (unpaired) electrons. The van der Waals surface area contributed by atoms with E-state index in [1.54, 1.807) is 30.3 Å². The first kappa shape index (κ1) is 24.2. The molecule has 0 spiro atoms. The quantitative estimate of drug-likeness (QED) is 0.474. The largest absolute Gasteiger partial charge is 0.492 e. The zero-order chi connectivity index (χ0) is 26.6. The number of hydrogen-bond donors (Lipinski definition) is 1. The minimum absolute atomic E-state index is 0.0166. The highest BCUT2D eigenvalue weighted by Gasteiger charge is 2.43. The van der Waals surface area contributed by atoms with Gasteiger partial charge >= 0.3 is 5.97 Å². The summed E-state index contributed by atoms with van der Waals surface area (Å²) in [7, 11) is 3.06. The zero-order valence-electron chi connectivity index (χ0n) is 21.5. The van der Waals surface area contributed by atoms with Gasteiger partial charge in [-0.05, 0) is 35.7 Å². The smallest absolute Gasteiger partial charge is 0.338 e. The maximum atomic E-state index is 13.3. The van der Waals surface area contributed by atoms with Gasteiger partial charge in [-0.1, -0.05) is 32.0 Å². The van der Waals surface area contributed by atoms with Crippen molar-refractivity contribution in [2.45, 2.75) is 26.1 Å². The predicted molar refractivity (Wildman–Crippen MR) is 135 cm³/mol. The Balaban J connectivity index is 1.66. The van der Waals surface area contributed by atoms with Gasteiger partial charge in [-0.15, -0.1) is 0 Å². The second-order valence-corrected chi connectivity index (χ2v) is 9.57. The predicted octanol–water partition coefficient (Wildman–Crippen LogP) is 5.05. The fraction of sp³-hybridized carbons (Fsp3) is 0.345. The van der Waals surface area contributed by atoms with Gasteiger partial charge in [-0.3, -0.25) is 0 Å². The molecule has 2 aliphatic heterocycles. The fourth-order valence-electron chi connectivity index (χ4n) is 5.48. The van der Waals surface area contributed by atoms with Crippen LogP contribution in [0.2, 0.25) is 0 Å². The van der Waals surface area contributed by atoms with Crippen LogP contribution in [0.5, 0.6) is 34.5 Å². The van der Waals surface area contributed by atoms with Crippen molar-refractivity contribution in [3.8, 4) is 45.6 Å². The summed E-state index contributed by atoms with van der Waals surface area (Å²) in [4.78, 5) is 13.3. The lowest BCUT2D eigenvalue weighted by Gasteiger charge is -2.37. The third kappa shape index (κ3) is 3.60. The van der Waals surface area contributed by atoms with Crippen molar-refractivity contribution in [1.29, 1.82) is 0 Å². The molecule has 9 heteroatoms. The Hall–Kier alpha value is -4.11. The Kier molecular flexibility index (Phi) is 5.95. The van der Waals surface area contributed by atoms with Crippen LogP contribution < -0.4 is 28.4 Å². The van der Waals surface area contributed by atoms with Crippen LogP contribution in [0.25, 0.3) is 11.1 Å². The molecule has 1 aliphatic carbocycles. The Morgan fingerprint density at radius 3 is 1.95 bits per heavy atom. The van der Waals surface area contributed by atoms with E-state index >= 15 is 0 Å². The maximum Gasteiger partial charge on any atom is 0.338 e. The Morgan fingerprint density at radius 2 is 1.37 bits per heavy atom. The molecule has 0 bridgehead atoms. The van der Waals surface area contributed by atoms with Crippen molar-refractivity contribution in [3.05, 3.63) is 59.2 Å². The molecule has 2 heterocycles. The summed E-state index contributed by atoms with van der Waals surface area (Å²) in [6.45, 7) is 3.92. The number of aliphatic hydroxyl groups excluding tert-OH is 1. The summed E-state index contributed by atoms with van der Waals surface area (Å²) in [5.41, 5.74) is 2.75. The number of benzene rings is 3.